The number of benzene rings is 1. The quantitative estimate of drug-likeness (QED) is 0.532. The molecule has 1 aliphatic carbocycles. The molecule has 170 valence electrons. The van der Waals surface area contributed by atoms with Gasteiger partial charge < -0.3 is 16.0 Å². The molecule has 3 fully saturated rings. The number of sulfonamides is 1. The Hall–Kier alpha value is -1.77. The minimum Gasteiger partial charge on any atom is -0.347 e. The molecule has 0 spiro atoms. The van der Waals surface area contributed by atoms with E-state index >= 15 is 0 Å². The van der Waals surface area contributed by atoms with Crippen molar-refractivity contribution in [2.24, 2.45) is 5.92 Å². The summed E-state index contributed by atoms with van der Waals surface area (Å²) in [6.07, 6.45) is 6.99. The van der Waals surface area contributed by atoms with Gasteiger partial charge in [-0.15, -0.1) is 0 Å². The van der Waals surface area contributed by atoms with Crippen molar-refractivity contribution in [1.29, 1.82) is 5.41 Å². The first-order chi connectivity index (χ1) is 14.9. The fraction of sp³-hybridized carbons (Fsp3) is 0.652. The van der Waals surface area contributed by atoms with Crippen molar-refractivity contribution >= 4 is 22.1 Å². The Bertz CT molecular complexity index is 894. The second-order valence-corrected chi connectivity index (χ2v) is 11.5. The van der Waals surface area contributed by atoms with Crippen LogP contribution in [0, 0.1) is 11.3 Å². The molecule has 0 unspecified atom stereocenters. The molecule has 1 aromatic carbocycles. The third-order valence-corrected chi connectivity index (χ3v) is 9.17. The van der Waals surface area contributed by atoms with Crippen molar-refractivity contribution in [3.8, 4) is 0 Å². The predicted molar refractivity (Wildman–Crippen MR) is 122 cm³/mol. The van der Waals surface area contributed by atoms with Gasteiger partial charge >= 0.3 is 0 Å². The minimum absolute atomic E-state index is 0.0195. The fourth-order valence-corrected chi connectivity index (χ4v) is 6.54. The fourth-order valence-electron chi connectivity index (χ4n) is 5.40. The summed E-state index contributed by atoms with van der Waals surface area (Å²) in [7, 11) is -3.10. The van der Waals surface area contributed by atoms with Crippen LogP contribution in [0.25, 0.3) is 0 Å². The Morgan fingerprint density at radius 1 is 1.23 bits per heavy atom. The summed E-state index contributed by atoms with van der Waals surface area (Å²) in [5, 5.41) is 14.2. The normalized spacial score (nSPS) is 27.8. The number of piperidine rings is 2. The zero-order valence-corrected chi connectivity index (χ0v) is 19.0. The zero-order chi connectivity index (χ0) is 22.0. The Morgan fingerprint density at radius 2 is 1.94 bits per heavy atom. The molecule has 1 amide bonds. The summed E-state index contributed by atoms with van der Waals surface area (Å²) >= 11 is 0. The molecule has 1 saturated carbocycles. The van der Waals surface area contributed by atoms with E-state index in [-0.39, 0.29) is 23.7 Å². The predicted octanol–water partition coefficient (Wildman–Crippen LogP) is 2.03. The molecule has 3 aliphatic rings. The molecular formula is C23H34N4O3S. The van der Waals surface area contributed by atoms with E-state index in [1.165, 1.54) is 18.2 Å². The summed E-state index contributed by atoms with van der Waals surface area (Å²) in [6.45, 7) is 2.86. The van der Waals surface area contributed by atoms with Gasteiger partial charge in [0.05, 0.1) is 17.8 Å². The molecule has 2 saturated heterocycles. The molecule has 2 bridgehead atoms. The zero-order valence-electron chi connectivity index (χ0n) is 18.2. The highest BCUT2D eigenvalue weighted by Crippen LogP contribution is 2.35. The van der Waals surface area contributed by atoms with Crippen LogP contribution in [-0.2, 0) is 21.2 Å². The van der Waals surface area contributed by atoms with Gasteiger partial charge in [-0.3, -0.25) is 4.79 Å². The first-order valence-electron chi connectivity index (χ1n) is 11.5. The van der Waals surface area contributed by atoms with Crippen LogP contribution in [0.15, 0.2) is 24.3 Å². The lowest BCUT2D eigenvalue weighted by Gasteiger charge is -2.31. The molecule has 8 heteroatoms. The number of amides is 1. The van der Waals surface area contributed by atoms with Crippen molar-refractivity contribution in [3.05, 3.63) is 35.4 Å². The van der Waals surface area contributed by atoms with Crippen LogP contribution in [0.2, 0.25) is 0 Å². The SMILES string of the molecule is CCS(=O)(=O)N1CCC(c2ccc(C[C@@H](C=N)NC(=O)[C@H]3N[C@@H]4CC[C@H]3C4)cc2)CC1. The van der Waals surface area contributed by atoms with Gasteiger partial charge in [-0.25, -0.2) is 12.7 Å². The largest absolute Gasteiger partial charge is 0.347 e. The van der Waals surface area contributed by atoms with Gasteiger partial charge in [0.15, 0.2) is 0 Å². The van der Waals surface area contributed by atoms with E-state index in [9.17, 15) is 13.2 Å². The van der Waals surface area contributed by atoms with Gasteiger partial charge in [0, 0.05) is 25.3 Å². The third-order valence-electron chi connectivity index (χ3n) is 7.29. The van der Waals surface area contributed by atoms with E-state index in [2.05, 4.69) is 34.9 Å². The number of rotatable bonds is 8. The van der Waals surface area contributed by atoms with Gasteiger partial charge in [-0.2, -0.15) is 0 Å². The first kappa shape index (κ1) is 22.4. The molecule has 0 radical (unpaired) electrons. The van der Waals surface area contributed by atoms with Gasteiger partial charge in [-0.05, 0) is 68.4 Å². The number of hydrogen-bond acceptors (Lipinski definition) is 5. The van der Waals surface area contributed by atoms with Crippen LogP contribution < -0.4 is 10.6 Å². The van der Waals surface area contributed by atoms with Crippen molar-refractivity contribution in [3.63, 3.8) is 0 Å². The van der Waals surface area contributed by atoms with E-state index in [1.54, 1.807) is 11.2 Å². The molecule has 0 aromatic heterocycles. The summed E-state index contributed by atoms with van der Waals surface area (Å²) in [4.78, 5) is 12.7. The summed E-state index contributed by atoms with van der Waals surface area (Å²) < 4.78 is 25.7. The number of nitrogens with zero attached hydrogens (tertiary/aromatic N) is 1. The van der Waals surface area contributed by atoms with Crippen LogP contribution in [0.4, 0.5) is 0 Å². The van der Waals surface area contributed by atoms with Gasteiger partial charge in [0.1, 0.15) is 0 Å². The van der Waals surface area contributed by atoms with Crippen LogP contribution in [-0.4, -0.2) is 61.8 Å². The van der Waals surface area contributed by atoms with E-state index in [0.717, 1.165) is 31.2 Å². The average molecular weight is 447 g/mol. The summed E-state index contributed by atoms with van der Waals surface area (Å²) in [5.74, 6) is 0.995. The average Bonchev–Trinajstić information content (AvgIpc) is 3.43. The van der Waals surface area contributed by atoms with Crippen molar-refractivity contribution in [1.82, 2.24) is 14.9 Å². The van der Waals surface area contributed by atoms with Gasteiger partial charge in [-0.1, -0.05) is 24.3 Å². The number of hydrogen-bond donors (Lipinski definition) is 3. The lowest BCUT2D eigenvalue weighted by atomic mass is 9.89. The monoisotopic (exact) mass is 446 g/mol. The number of nitrogens with one attached hydrogen (secondary N) is 3. The smallest absolute Gasteiger partial charge is 0.237 e. The van der Waals surface area contributed by atoms with Crippen LogP contribution >= 0.6 is 0 Å². The molecule has 1 aromatic rings. The van der Waals surface area contributed by atoms with E-state index < -0.39 is 10.0 Å². The highest BCUT2D eigenvalue weighted by molar-refractivity contribution is 7.89. The topological polar surface area (TPSA) is 102 Å². The Balaban J connectivity index is 1.29. The minimum atomic E-state index is -3.10. The van der Waals surface area contributed by atoms with Crippen LogP contribution in [0.3, 0.4) is 0 Å². The highest BCUT2D eigenvalue weighted by atomic mass is 32.2. The molecule has 2 heterocycles. The Labute approximate surface area is 185 Å². The molecule has 7 nitrogen and oxygen atoms in total. The second kappa shape index (κ2) is 9.38. The highest BCUT2D eigenvalue weighted by Gasteiger charge is 2.42. The maximum absolute atomic E-state index is 12.7. The van der Waals surface area contributed by atoms with E-state index in [4.69, 9.17) is 5.41 Å². The van der Waals surface area contributed by atoms with Crippen LogP contribution in [0.5, 0.6) is 0 Å². The Morgan fingerprint density at radius 3 is 2.48 bits per heavy atom. The van der Waals surface area contributed by atoms with Gasteiger partial charge in [0.2, 0.25) is 15.9 Å². The van der Waals surface area contributed by atoms with E-state index in [1.807, 2.05) is 0 Å². The molecule has 3 N–H and O–H groups in total. The number of fused-ring (bicyclic) bond motifs is 2. The first-order valence-corrected chi connectivity index (χ1v) is 13.1. The molecule has 2 aliphatic heterocycles. The van der Waals surface area contributed by atoms with E-state index in [0.29, 0.717) is 37.4 Å². The molecule has 31 heavy (non-hydrogen) atoms. The maximum Gasteiger partial charge on any atom is 0.237 e. The second-order valence-electron chi connectivity index (χ2n) is 9.22. The Kier molecular flexibility index (Phi) is 6.79. The van der Waals surface area contributed by atoms with Crippen molar-refractivity contribution in [2.45, 2.75) is 69.5 Å². The maximum atomic E-state index is 12.7. The summed E-state index contributed by atoms with van der Waals surface area (Å²) in [6, 6.07) is 8.45. The lowest BCUT2D eigenvalue weighted by molar-refractivity contribution is -0.124. The molecular weight excluding hydrogens is 412 g/mol. The molecule has 4 atom stereocenters. The summed E-state index contributed by atoms with van der Waals surface area (Å²) in [5.41, 5.74) is 2.32. The van der Waals surface area contributed by atoms with Crippen molar-refractivity contribution in [2.75, 3.05) is 18.8 Å². The molecule has 4 rings (SSSR count). The van der Waals surface area contributed by atoms with Crippen molar-refractivity contribution < 1.29 is 13.2 Å². The lowest BCUT2D eigenvalue weighted by Crippen LogP contribution is -2.51. The standard InChI is InChI=1S/C23H34N4O3S/c1-2-31(29,30)27-11-9-18(10-12-27)17-5-3-16(4-6-17)13-21(15-24)26-23(28)22-19-7-8-20(14-19)25-22/h3-6,15,18-22,24-25H,2,7-14H2,1H3,(H,26,28)/t19-,20+,21-,22-/m0/s1. The number of carbonyl (C=O) groups is 1. The third kappa shape index (κ3) is 5.02. The number of carbonyl (C=O) groups excluding carboxylic acids is 1. The van der Waals surface area contributed by atoms with Crippen LogP contribution in [0.1, 0.15) is 56.1 Å². The van der Waals surface area contributed by atoms with Gasteiger partial charge in [0.25, 0.3) is 0 Å².